The molecule has 0 radical (unpaired) electrons. The van der Waals surface area contributed by atoms with Gasteiger partial charge < -0.3 is 10.6 Å². The summed E-state index contributed by atoms with van der Waals surface area (Å²) in [4.78, 5) is 39.0. The van der Waals surface area contributed by atoms with Gasteiger partial charge in [0.15, 0.2) is 0 Å². The summed E-state index contributed by atoms with van der Waals surface area (Å²) in [6, 6.07) is 20.0. The van der Waals surface area contributed by atoms with Gasteiger partial charge in [0.2, 0.25) is 5.91 Å². The molecule has 0 bridgehead atoms. The van der Waals surface area contributed by atoms with Crippen LogP contribution in [0, 0.1) is 17.1 Å². The van der Waals surface area contributed by atoms with Crippen molar-refractivity contribution in [3.8, 4) is 6.07 Å². The van der Waals surface area contributed by atoms with E-state index in [1.165, 1.54) is 49.4 Å². The topological polar surface area (TPSA) is 102 Å². The smallest absolute Gasteiger partial charge is 0.282 e. The third-order valence-electron chi connectivity index (χ3n) is 4.93. The minimum atomic E-state index is -0.616. The first-order valence-electron chi connectivity index (χ1n) is 9.91. The van der Waals surface area contributed by atoms with Crippen molar-refractivity contribution in [2.24, 2.45) is 0 Å². The standard InChI is InChI=1S/C25H17FN4O3/c1-15(31)28-19-9-7-17(8-10-19)22-23(29-20-4-2-3-18(26)13-20)25(33)30(24(22)32)21-11-5-16(14-27)6-12-21/h2-13,29H,1H3,(H,28,31). The Morgan fingerprint density at radius 1 is 0.939 bits per heavy atom. The molecule has 0 aliphatic carbocycles. The lowest BCUT2D eigenvalue weighted by atomic mass is 10.0. The summed E-state index contributed by atoms with van der Waals surface area (Å²) in [6.07, 6.45) is 0. The minimum absolute atomic E-state index is 0.0118. The van der Waals surface area contributed by atoms with Gasteiger partial charge in [-0.15, -0.1) is 0 Å². The molecule has 33 heavy (non-hydrogen) atoms. The Bertz CT molecular complexity index is 1340. The SMILES string of the molecule is CC(=O)Nc1ccc(C2=C(Nc3cccc(F)c3)C(=O)N(c3ccc(C#N)cc3)C2=O)cc1. The van der Waals surface area contributed by atoms with E-state index < -0.39 is 17.6 Å². The van der Waals surface area contributed by atoms with Crippen molar-refractivity contribution >= 4 is 40.4 Å². The van der Waals surface area contributed by atoms with E-state index in [2.05, 4.69) is 10.6 Å². The quantitative estimate of drug-likeness (QED) is 0.583. The van der Waals surface area contributed by atoms with Crippen LogP contribution in [0.25, 0.3) is 5.57 Å². The molecule has 3 amide bonds. The fraction of sp³-hybridized carbons (Fsp3) is 0.0400. The molecule has 1 aliphatic rings. The molecule has 0 unspecified atom stereocenters. The molecule has 0 spiro atoms. The average molecular weight is 440 g/mol. The van der Waals surface area contributed by atoms with E-state index >= 15 is 0 Å². The number of imide groups is 1. The lowest BCUT2D eigenvalue weighted by Gasteiger charge is -2.15. The highest BCUT2D eigenvalue weighted by molar-refractivity contribution is 6.46. The first kappa shape index (κ1) is 21.5. The van der Waals surface area contributed by atoms with Gasteiger partial charge in [-0.1, -0.05) is 18.2 Å². The minimum Gasteiger partial charge on any atom is -0.350 e. The van der Waals surface area contributed by atoms with Crippen LogP contribution in [-0.2, 0) is 14.4 Å². The Morgan fingerprint density at radius 2 is 1.64 bits per heavy atom. The number of hydrogen-bond acceptors (Lipinski definition) is 5. The van der Waals surface area contributed by atoms with Gasteiger partial charge in [-0.2, -0.15) is 5.26 Å². The molecule has 0 saturated carbocycles. The molecule has 0 fully saturated rings. The van der Waals surface area contributed by atoms with Crippen LogP contribution in [-0.4, -0.2) is 17.7 Å². The van der Waals surface area contributed by atoms with E-state index in [-0.39, 0.29) is 17.2 Å². The Labute approximate surface area is 188 Å². The molecule has 2 N–H and O–H groups in total. The van der Waals surface area contributed by atoms with Crippen LogP contribution in [0.3, 0.4) is 0 Å². The van der Waals surface area contributed by atoms with Crippen molar-refractivity contribution in [2.45, 2.75) is 6.92 Å². The van der Waals surface area contributed by atoms with Gasteiger partial charge in [-0.25, -0.2) is 9.29 Å². The molecular formula is C25H17FN4O3. The maximum atomic E-state index is 13.7. The molecule has 1 heterocycles. The van der Waals surface area contributed by atoms with Gasteiger partial charge in [-0.3, -0.25) is 14.4 Å². The van der Waals surface area contributed by atoms with Crippen molar-refractivity contribution in [1.82, 2.24) is 0 Å². The van der Waals surface area contributed by atoms with Crippen LogP contribution >= 0.6 is 0 Å². The summed E-state index contributed by atoms with van der Waals surface area (Å²) in [5, 5.41) is 14.6. The number of carbonyl (C=O) groups is 3. The monoisotopic (exact) mass is 440 g/mol. The number of amides is 3. The molecule has 0 aromatic heterocycles. The van der Waals surface area contributed by atoms with Crippen molar-refractivity contribution < 1.29 is 18.8 Å². The van der Waals surface area contributed by atoms with Crippen molar-refractivity contribution in [2.75, 3.05) is 15.5 Å². The number of halogens is 1. The Balaban J connectivity index is 1.78. The molecule has 3 aromatic rings. The normalized spacial score (nSPS) is 13.2. The van der Waals surface area contributed by atoms with Crippen LogP contribution in [0.15, 0.2) is 78.5 Å². The zero-order valence-electron chi connectivity index (χ0n) is 17.4. The maximum Gasteiger partial charge on any atom is 0.282 e. The van der Waals surface area contributed by atoms with Crippen LogP contribution in [0.4, 0.5) is 21.5 Å². The zero-order chi connectivity index (χ0) is 23.5. The zero-order valence-corrected chi connectivity index (χ0v) is 17.4. The Kier molecular flexibility index (Phi) is 5.70. The summed E-state index contributed by atoms with van der Waals surface area (Å²) in [7, 11) is 0. The number of hydrogen-bond donors (Lipinski definition) is 2. The van der Waals surface area contributed by atoms with E-state index in [1.807, 2.05) is 6.07 Å². The third kappa shape index (κ3) is 4.34. The molecule has 4 rings (SSSR count). The second kappa shape index (κ2) is 8.77. The number of nitrogens with zero attached hydrogens (tertiary/aromatic N) is 2. The lowest BCUT2D eigenvalue weighted by molar-refractivity contribution is -0.120. The van der Waals surface area contributed by atoms with Crippen LogP contribution < -0.4 is 15.5 Å². The predicted octanol–water partition coefficient (Wildman–Crippen LogP) is 4.05. The van der Waals surface area contributed by atoms with E-state index in [4.69, 9.17) is 5.26 Å². The van der Waals surface area contributed by atoms with Gasteiger partial charge in [0.1, 0.15) is 11.5 Å². The summed E-state index contributed by atoms with van der Waals surface area (Å²) in [5.41, 5.74) is 2.06. The number of nitrogens with one attached hydrogen (secondary N) is 2. The van der Waals surface area contributed by atoms with Gasteiger partial charge in [0, 0.05) is 18.3 Å². The summed E-state index contributed by atoms with van der Waals surface area (Å²) >= 11 is 0. The average Bonchev–Trinajstić information content (AvgIpc) is 3.03. The van der Waals surface area contributed by atoms with E-state index in [0.29, 0.717) is 28.2 Å². The van der Waals surface area contributed by atoms with E-state index in [9.17, 15) is 18.8 Å². The van der Waals surface area contributed by atoms with Crippen LogP contribution in [0.5, 0.6) is 0 Å². The molecular weight excluding hydrogens is 423 g/mol. The number of anilines is 3. The molecule has 8 heteroatoms. The van der Waals surface area contributed by atoms with Crippen molar-refractivity contribution in [3.63, 3.8) is 0 Å². The summed E-state index contributed by atoms with van der Waals surface area (Å²) in [5.74, 6) is -1.93. The predicted molar refractivity (Wildman–Crippen MR) is 121 cm³/mol. The molecule has 7 nitrogen and oxygen atoms in total. The highest BCUT2D eigenvalue weighted by Gasteiger charge is 2.40. The first-order chi connectivity index (χ1) is 15.9. The fourth-order valence-corrected chi connectivity index (χ4v) is 3.47. The second-order valence-corrected chi connectivity index (χ2v) is 7.25. The Hall–Kier alpha value is -4.77. The van der Waals surface area contributed by atoms with Crippen LogP contribution in [0.2, 0.25) is 0 Å². The third-order valence-corrected chi connectivity index (χ3v) is 4.93. The Morgan fingerprint density at radius 3 is 2.24 bits per heavy atom. The fourth-order valence-electron chi connectivity index (χ4n) is 3.47. The van der Waals surface area contributed by atoms with Crippen molar-refractivity contribution in [3.05, 3.63) is 95.4 Å². The van der Waals surface area contributed by atoms with Crippen molar-refractivity contribution in [1.29, 1.82) is 5.26 Å². The summed E-state index contributed by atoms with van der Waals surface area (Å²) in [6.45, 7) is 1.38. The number of carbonyl (C=O) groups excluding carboxylic acids is 3. The second-order valence-electron chi connectivity index (χ2n) is 7.25. The number of benzene rings is 3. The van der Waals surface area contributed by atoms with Gasteiger partial charge in [0.05, 0.1) is 22.9 Å². The number of rotatable bonds is 5. The largest absolute Gasteiger partial charge is 0.350 e. The molecule has 162 valence electrons. The lowest BCUT2D eigenvalue weighted by Crippen LogP contribution is -2.32. The van der Waals surface area contributed by atoms with Crippen LogP contribution in [0.1, 0.15) is 18.1 Å². The molecule has 1 aliphatic heterocycles. The maximum absolute atomic E-state index is 13.7. The van der Waals surface area contributed by atoms with E-state index in [1.54, 1.807) is 30.3 Å². The molecule has 3 aromatic carbocycles. The first-order valence-corrected chi connectivity index (χ1v) is 9.91. The number of nitriles is 1. The highest BCUT2D eigenvalue weighted by atomic mass is 19.1. The summed E-state index contributed by atoms with van der Waals surface area (Å²) < 4.78 is 13.7. The van der Waals surface area contributed by atoms with Gasteiger partial charge in [-0.05, 0) is 60.2 Å². The van der Waals surface area contributed by atoms with Gasteiger partial charge >= 0.3 is 0 Å². The van der Waals surface area contributed by atoms with Gasteiger partial charge in [0.25, 0.3) is 11.8 Å². The molecule has 0 atom stereocenters. The van der Waals surface area contributed by atoms with E-state index in [0.717, 1.165) is 4.90 Å². The highest BCUT2D eigenvalue weighted by Crippen LogP contribution is 2.34. The molecule has 0 saturated heterocycles.